The molecule has 1 aromatic carbocycles. The Hall–Kier alpha value is -1.51. The first-order chi connectivity index (χ1) is 9.24. The van der Waals surface area contributed by atoms with Gasteiger partial charge in [0.15, 0.2) is 5.96 Å². The third-order valence-electron chi connectivity index (χ3n) is 3.76. The van der Waals surface area contributed by atoms with Crippen molar-refractivity contribution >= 4 is 5.96 Å². The lowest BCUT2D eigenvalue weighted by Gasteiger charge is -2.23. The number of aryl methyl sites for hydroxylation is 1. The largest absolute Gasteiger partial charge is 0.370 e. The minimum absolute atomic E-state index is 0.539. The number of guanidine groups is 1. The van der Waals surface area contributed by atoms with Gasteiger partial charge in [-0.05, 0) is 31.7 Å². The zero-order valence-electron chi connectivity index (χ0n) is 11.9. The second kappa shape index (κ2) is 7.17. The van der Waals surface area contributed by atoms with Crippen LogP contribution in [0.25, 0.3) is 0 Å². The van der Waals surface area contributed by atoms with E-state index in [1.165, 1.54) is 43.2 Å². The van der Waals surface area contributed by atoms with Gasteiger partial charge in [0, 0.05) is 12.6 Å². The molecule has 1 aromatic rings. The lowest BCUT2D eigenvalue weighted by molar-refractivity contribution is 0.412. The SMILES string of the molecule is Cc1ccc(CCN=C(N)NC2CCCCC2)cc1. The lowest BCUT2D eigenvalue weighted by atomic mass is 9.96. The molecule has 0 saturated heterocycles. The summed E-state index contributed by atoms with van der Waals surface area (Å²) in [6.07, 6.45) is 7.40. The number of aliphatic imine (C=N–C) groups is 1. The highest BCUT2D eigenvalue weighted by Gasteiger charge is 2.12. The minimum Gasteiger partial charge on any atom is -0.370 e. The number of nitrogens with zero attached hydrogens (tertiary/aromatic N) is 1. The molecule has 1 aliphatic carbocycles. The molecular formula is C16H25N3. The second-order valence-corrected chi connectivity index (χ2v) is 5.48. The molecule has 19 heavy (non-hydrogen) atoms. The Bertz CT molecular complexity index is 403. The molecule has 0 heterocycles. The van der Waals surface area contributed by atoms with Crippen LogP contribution in [0.4, 0.5) is 0 Å². The number of nitrogens with two attached hydrogens (primary N) is 1. The van der Waals surface area contributed by atoms with Gasteiger partial charge in [-0.1, -0.05) is 49.1 Å². The molecular weight excluding hydrogens is 234 g/mol. The molecule has 0 spiro atoms. The number of benzene rings is 1. The van der Waals surface area contributed by atoms with Crippen molar-refractivity contribution in [3.63, 3.8) is 0 Å². The number of hydrogen-bond acceptors (Lipinski definition) is 1. The summed E-state index contributed by atoms with van der Waals surface area (Å²) >= 11 is 0. The highest BCUT2D eigenvalue weighted by Crippen LogP contribution is 2.16. The third kappa shape index (κ3) is 4.93. The third-order valence-corrected chi connectivity index (χ3v) is 3.76. The standard InChI is InChI=1S/C16H25N3/c1-13-7-9-14(10-8-13)11-12-18-16(17)19-15-5-3-2-4-6-15/h7-10,15H,2-6,11-12H2,1H3,(H3,17,18,19). The van der Waals surface area contributed by atoms with Gasteiger partial charge >= 0.3 is 0 Å². The van der Waals surface area contributed by atoms with E-state index in [9.17, 15) is 0 Å². The lowest BCUT2D eigenvalue weighted by Crippen LogP contribution is -2.41. The van der Waals surface area contributed by atoms with Crippen LogP contribution >= 0.6 is 0 Å². The highest BCUT2D eigenvalue weighted by molar-refractivity contribution is 5.78. The smallest absolute Gasteiger partial charge is 0.188 e. The van der Waals surface area contributed by atoms with E-state index in [0.29, 0.717) is 12.0 Å². The van der Waals surface area contributed by atoms with E-state index < -0.39 is 0 Å². The highest BCUT2D eigenvalue weighted by atomic mass is 15.1. The summed E-state index contributed by atoms with van der Waals surface area (Å²) in [5, 5.41) is 3.34. The van der Waals surface area contributed by atoms with Crippen molar-refractivity contribution in [1.29, 1.82) is 0 Å². The number of nitrogens with one attached hydrogen (secondary N) is 1. The van der Waals surface area contributed by atoms with Gasteiger partial charge in [0.05, 0.1) is 0 Å². The van der Waals surface area contributed by atoms with Gasteiger partial charge in [0.2, 0.25) is 0 Å². The van der Waals surface area contributed by atoms with Gasteiger partial charge in [-0.25, -0.2) is 0 Å². The van der Waals surface area contributed by atoms with Crippen LogP contribution in [0.5, 0.6) is 0 Å². The fraction of sp³-hybridized carbons (Fsp3) is 0.562. The fourth-order valence-electron chi connectivity index (χ4n) is 2.56. The minimum atomic E-state index is 0.539. The maximum absolute atomic E-state index is 5.93. The van der Waals surface area contributed by atoms with Gasteiger partial charge < -0.3 is 11.1 Å². The van der Waals surface area contributed by atoms with Gasteiger partial charge in [0.25, 0.3) is 0 Å². The van der Waals surface area contributed by atoms with Crippen LogP contribution in [0.1, 0.15) is 43.2 Å². The first kappa shape index (κ1) is 13.9. The van der Waals surface area contributed by atoms with Crippen molar-refractivity contribution in [1.82, 2.24) is 5.32 Å². The van der Waals surface area contributed by atoms with E-state index >= 15 is 0 Å². The molecule has 3 nitrogen and oxygen atoms in total. The van der Waals surface area contributed by atoms with E-state index in [1.807, 2.05) is 0 Å². The zero-order chi connectivity index (χ0) is 13.5. The molecule has 0 aromatic heterocycles. The van der Waals surface area contributed by atoms with E-state index in [4.69, 9.17) is 5.73 Å². The van der Waals surface area contributed by atoms with Crippen molar-refractivity contribution in [2.24, 2.45) is 10.7 Å². The number of rotatable bonds is 4. The van der Waals surface area contributed by atoms with Crippen molar-refractivity contribution in [3.05, 3.63) is 35.4 Å². The molecule has 0 bridgehead atoms. The van der Waals surface area contributed by atoms with E-state index in [0.717, 1.165) is 13.0 Å². The Morgan fingerprint density at radius 2 is 1.89 bits per heavy atom. The topological polar surface area (TPSA) is 50.4 Å². The predicted molar refractivity (Wildman–Crippen MR) is 81.4 cm³/mol. The Morgan fingerprint density at radius 1 is 1.21 bits per heavy atom. The summed E-state index contributed by atoms with van der Waals surface area (Å²) < 4.78 is 0. The molecule has 0 aliphatic heterocycles. The molecule has 0 amide bonds. The average Bonchev–Trinajstić information content (AvgIpc) is 2.42. The van der Waals surface area contributed by atoms with Crippen molar-refractivity contribution in [2.75, 3.05) is 6.54 Å². The molecule has 1 fully saturated rings. The summed E-state index contributed by atoms with van der Waals surface area (Å²) in [6.45, 7) is 2.86. The van der Waals surface area contributed by atoms with E-state index in [2.05, 4.69) is 41.5 Å². The van der Waals surface area contributed by atoms with Gasteiger partial charge in [-0.15, -0.1) is 0 Å². The molecule has 0 unspecified atom stereocenters. The molecule has 2 rings (SSSR count). The Morgan fingerprint density at radius 3 is 2.58 bits per heavy atom. The first-order valence-corrected chi connectivity index (χ1v) is 7.36. The Kier molecular flexibility index (Phi) is 5.25. The van der Waals surface area contributed by atoms with Crippen molar-refractivity contribution in [2.45, 2.75) is 51.5 Å². The van der Waals surface area contributed by atoms with Crippen LogP contribution < -0.4 is 11.1 Å². The van der Waals surface area contributed by atoms with Crippen LogP contribution in [-0.2, 0) is 6.42 Å². The molecule has 3 heteroatoms. The first-order valence-electron chi connectivity index (χ1n) is 7.36. The summed E-state index contributed by atoms with van der Waals surface area (Å²) in [7, 11) is 0. The second-order valence-electron chi connectivity index (χ2n) is 5.48. The molecule has 1 saturated carbocycles. The predicted octanol–water partition coefficient (Wildman–Crippen LogP) is 2.77. The monoisotopic (exact) mass is 259 g/mol. The fourth-order valence-corrected chi connectivity index (χ4v) is 2.56. The van der Waals surface area contributed by atoms with Gasteiger partial charge in [-0.3, -0.25) is 4.99 Å². The molecule has 3 N–H and O–H groups in total. The Balaban J connectivity index is 1.73. The van der Waals surface area contributed by atoms with Crippen LogP contribution in [0.3, 0.4) is 0 Å². The Labute approximate surface area is 116 Å². The summed E-state index contributed by atoms with van der Waals surface area (Å²) in [4.78, 5) is 4.42. The summed E-state index contributed by atoms with van der Waals surface area (Å²) in [5.74, 6) is 0.610. The van der Waals surface area contributed by atoms with Crippen LogP contribution in [0, 0.1) is 6.92 Å². The van der Waals surface area contributed by atoms with Gasteiger partial charge in [-0.2, -0.15) is 0 Å². The van der Waals surface area contributed by atoms with Crippen molar-refractivity contribution in [3.8, 4) is 0 Å². The zero-order valence-corrected chi connectivity index (χ0v) is 11.9. The van der Waals surface area contributed by atoms with Gasteiger partial charge in [0.1, 0.15) is 0 Å². The maximum atomic E-state index is 5.93. The maximum Gasteiger partial charge on any atom is 0.188 e. The van der Waals surface area contributed by atoms with Crippen LogP contribution in [-0.4, -0.2) is 18.5 Å². The average molecular weight is 259 g/mol. The summed E-state index contributed by atoms with van der Waals surface area (Å²) in [5.41, 5.74) is 8.55. The molecule has 0 atom stereocenters. The summed E-state index contributed by atoms with van der Waals surface area (Å²) in [6, 6.07) is 9.15. The molecule has 0 radical (unpaired) electrons. The number of hydrogen-bond donors (Lipinski definition) is 2. The molecule has 104 valence electrons. The normalized spacial score (nSPS) is 17.4. The van der Waals surface area contributed by atoms with Crippen molar-refractivity contribution < 1.29 is 0 Å². The quantitative estimate of drug-likeness (QED) is 0.645. The van der Waals surface area contributed by atoms with Crippen LogP contribution in [0.2, 0.25) is 0 Å². The van der Waals surface area contributed by atoms with E-state index in [1.54, 1.807) is 0 Å². The van der Waals surface area contributed by atoms with E-state index in [-0.39, 0.29) is 0 Å². The molecule has 1 aliphatic rings. The van der Waals surface area contributed by atoms with Crippen LogP contribution in [0.15, 0.2) is 29.3 Å².